The van der Waals surface area contributed by atoms with Crippen molar-refractivity contribution in [1.82, 2.24) is 0 Å². The molecule has 3 nitrogen and oxygen atoms in total. The van der Waals surface area contributed by atoms with Crippen LogP contribution in [0.5, 0.6) is 0 Å². The standard InChI is InChI=1S/C14H22O3/c1-8-11-10(7-15)9-5-4-6-13(8,2)12(9)14(11,16)17-3/h9-12,15-16H,1,4-7H2,2-3H3/t9-,10+,11+,12+,13+,14-/m1/s1. The lowest BCUT2D eigenvalue weighted by atomic mass is 9.57. The molecule has 96 valence electrons. The summed E-state index contributed by atoms with van der Waals surface area (Å²) in [5.41, 5.74) is 1.10. The normalized spacial score (nSPS) is 56.6. The Kier molecular flexibility index (Phi) is 2.30. The molecule has 3 fully saturated rings. The van der Waals surface area contributed by atoms with E-state index in [1.807, 2.05) is 0 Å². The maximum Gasteiger partial charge on any atom is 0.175 e. The smallest absolute Gasteiger partial charge is 0.175 e. The number of ether oxygens (including phenoxy) is 1. The number of aliphatic hydroxyl groups excluding tert-OH is 1. The van der Waals surface area contributed by atoms with Crippen LogP contribution in [0.15, 0.2) is 12.2 Å². The molecule has 6 atom stereocenters. The van der Waals surface area contributed by atoms with Crippen molar-refractivity contribution in [2.24, 2.45) is 29.1 Å². The van der Waals surface area contributed by atoms with Gasteiger partial charge in [0.15, 0.2) is 5.79 Å². The SMILES string of the molecule is C=C1[C@H]2[C@@H](CO)[C@H]3CCC[C@]1(C)[C@H]3[C@]2(O)OC. The van der Waals surface area contributed by atoms with E-state index in [0.29, 0.717) is 5.92 Å². The van der Waals surface area contributed by atoms with Crippen molar-refractivity contribution in [2.75, 3.05) is 13.7 Å². The summed E-state index contributed by atoms with van der Waals surface area (Å²) in [7, 11) is 1.58. The van der Waals surface area contributed by atoms with Crippen LogP contribution >= 0.6 is 0 Å². The second-order valence-electron chi connectivity index (χ2n) is 6.26. The van der Waals surface area contributed by atoms with Crippen LogP contribution in [0, 0.1) is 29.1 Å². The zero-order valence-corrected chi connectivity index (χ0v) is 10.6. The Morgan fingerprint density at radius 1 is 1.53 bits per heavy atom. The van der Waals surface area contributed by atoms with E-state index in [-0.39, 0.29) is 29.8 Å². The number of hydrogen-bond donors (Lipinski definition) is 2. The fourth-order valence-corrected chi connectivity index (χ4v) is 5.19. The summed E-state index contributed by atoms with van der Waals surface area (Å²) in [5.74, 6) is -0.546. The zero-order chi connectivity index (χ0) is 12.4. The molecular formula is C14H22O3. The summed E-state index contributed by atoms with van der Waals surface area (Å²) in [6.45, 7) is 6.56. The molecule has 0 aromatic carbocycles. The van der Waals surface area contributed by atoms with Gasteiger partial charge in [-0.15, -0.1) is 0 Å². The van der Waals surface area contributed by atoms with Crippen molar-refractivity contribution >= 4 is 0 Å². The van der Waals surface area contributed by atoms with Crippen molar-refractivity contribution in [3.63, 3.8) is 0 Å². The van der Waals surface area contributed by atoms with Gasteiger partial charge in [-0.2, -0.15) is 0 Å². The van der Waals surface area contributed by atoms with E-state index in [9.17, 15) is 10.2 Å². The predicted molar refractivity (Wildman–Crippen MR) is 64.1 cm³/mol. The minimum atomic E-state index is -1.09. The summed E-state index contributed by atoms with van der Waals surface area (Å²) < 4.78 is 5.47. The van der Waals surface area contributed by atoms with E-state index >= 15 is 0 Å². The van der Waals surface area contributed by atoms with Gasteiger partial charge in [0.2, 0.25) is 0 Å². The number of rotatable bonds is 2. The topological polar surface area (TPSA) is 49.7 Å². The summed E-state index contributed by atoms with van der Waals surface area (Å²) in [6, 6.07) is 0. The molecule has 0 heterocycles. The van der Waals surface area contributed by atoms with Crippen molar-refractivity contribution in [1.29, 1.82) is 0 Å². The first-order valence-corrected chi connectivity index (χ1v) is 6.58. The number of methoxy groups -OCH3 is 1. The highest BCUT2D eigenvalue weighted by Crippen LogP contribution is 2.72. The molecule has 17 heavy (non-hydrogen) atoms. The van der Waals surface area contributed by atoms with Crippen LogP contribution in [0.1, 0.15) is 26.2 Å². The van der Waals surface area contributed by atoms with Crippen LogP contribution in [0.4, 0.5) is 0 Å². The maximum atomic E-state index is 10.8. The summed E-state index contributed by atoms with van der Waals surface area (Å²) in [5, 5.41) is 20.5. The fourth-order valence-electron chi connectivity index (χ4n) is 5.19. The van der Waals surface area contributed by atoms with Crippen molar-refractivity contribution in [3.05, 3.63) is 12.2 Å². The minimum Gasteiger partial charge on any atom is -0.396 e. The molecule has 0 unspecified atom stereocenters. The Bertz CT molecular complexity index is 366. The molecule has 3 saturated carbocycles. The van der Waals surface area contributed by atoms with Gasteiger partial charge in [0.05, 0.1) is 0 Å². The Morgan fingerprint density at radius 3 is 2.82 bits per heavy atom. The molecule has 0 amide bonds. The molecule has 3 rings (SSSR count). The van der Waals surface area contributed by atoms with Gasteiger partial charge in [0, 0.05) is 25.6 Å². The first-order valence-electron chi connectivity index (χ1n) is 6.58. The van der Waals surface area contributed by atoms with Gasteiger partial charge in [-0.25, -0.2) is 0 Å². The predicted octanol–water partition coefficient (Wildman–Crippen LogP) is 1.55. The minimum absolute atomic E-state index is 0.00398. The van der Waals surface area contributed by atoms with Gasteiger partial charge >= 0.3 is 0 Å². The fraction of sp³-hybridized carbons (Fsp3) is 0.857. The van der Waals surface area contributed by atoms with Crippen LogP contribution in [0.3, 0.4) is 0 Å². The molecule has 0 saturated heterocycles. The van der Waals surface area contributed by atoms with Gasteiger partial charge < -0.3 is 14.9 Å². The lowest BCUT2D eigenvalue weighted by Gasteiger charge is -2.47. The first kappa shape index (κ1) is 11.7. The molecule has 3 heteroatoms. The average molecular weight is 238 g/mol. The van der Waals surface area contributed by atoms with E-state index in [1.165, 1.54) is 6.42 Å². The monoisotopic (exact) mass is 238 g/mol. The molecule has 3 aliphatic rings. The second kappa shape index (κ2) is 3.34. The van der Waals surface area contributed by atoms with Crippen LogP contribution in [-0.2, 0) is 4.74 Å². The highest BCUT2D eigenvalue weighted by molar-refractivity contribution is 5.34. The number of fused-ring (bicyclic) bond motifs is 1. The third kappa shape index (κ3) is 1.09. The van der Waals surface area contributed by atoms with Gasteiger partial charge in [-0.05, 0) is 30.1 Å². The molecule has 0 spiro atoms. The summed E-state index contributed by atoms with van der Waals surface area (Å²) >= 11 is 0. The number of aliphatic hydroxyl groups is 2. The van der Waals surface area contributed by atoms with E-state index < -0.39 is 5.79 Å². The summed E-state index contributed by atoms with van der Waals surface area (Å²) in [6.07, 6.45) is 3.36. The molecule has 0 aliphatic heterocycles. The van der Waals surface area contributed by atoms with Crippen LogP contribution < -0.4 is 0 Å². The molecule has 0 radical (unpaired) electrons. The van der Waals surface area contributed by atoms with Crippen molar-refractivity contribution in [2.45, 2.75) is 32.0 Å². The number of hydrogen-bond acceptors (Lipinski definition) is 3. The molecular weight excluding hydrogens is 216 g/mol. The largest absolute Gasteiger partial charge is 0.396 e. The molecule has 0 aromatic rings. The molecule has 2 N–H and O–H groups in total. The molecule has 0 aromatic heterocycles. The second-order valence-corrected chi connectivity index (χ2v) is 6.26. The third-order valence-electron chi connectivity index (χ3n) is 5.86. The van der Waals surface area contributed by atoms with Crippen molar-refractivity contribution in [3.8, 4) is 0 Å². The van der Waals surface area contributed by atoms with E-state index in [1.54, 1.807) is 7.11 Å². The van der Waals surface area contributed by atoms with Crippen LogP contribution in [0.2, 0.25) is 0 Å². The third-order valence-corrected chi connectivity index (χ3v) is 5.86. The Morgan fingerprint density at radius 2 is 2.24 bits per heavy atom. The lowest BCUT2D eigenvalue weighted by molar-refractivity contribution is -0.229. The Hall–Kier alpha value is -0.380. The van der Waals surface area contributed by atoms with Crippen molar-refractivity contribution < 1.29 is 14.9 Å². The quantitative estimate of drug-likeness (QED) is 0.567. The Balaban J connectivity index is 2.13. The van der Waals surface area contributed by atoms with E-state index in [4.69, 9.17) is 4.74 Å². The highest BCUT2D eigenvalue weighted by Gasteiger charge is 2.73. The van der Waals surface area contributed by atoms with E-state index in [2.05, 4.69) is 13.5 Å². The van der Waals surface area contributed by atoms with Gasteiger partial charge in [-0.1, -0.05) is 25.5 Å². The zero-order valence-electron chi connectivity index (χ0n) is 10.6. The first-order chi connectivity index (χ1) is 8.00. The maximum absolute atomic E-state index is 10.8. The average Bonchev–Trinajstić information content (AvgIpc) is 2.67. The lowest BCUT2D eigenvalue weighted by Crippen LogP contribution is -2.44. The highest BCUT2D eigenvalue weighted by atomic mass is 16.6. The molecule has 3 aliphatic carbocycles. The molecule has 2 bridgehead atoms. The van der Waals surface area contributed by atoms with E-state index in [0.717, 1.165) is 18.4 Å². The van der Waals surface area contributed by atoms with Crippen LogP contribution in [-0.4, -0.2) is 29.7 Å². The van der Waals surface area contributed by atoms with Gasteiger partial charge in [0.1, 0.15) is 0 Å². The van der Waals surface area contributed by atoms with Gasteiger partial charge in [0.25, 0.3) is 0 Å². The van der Waals surface area contributed by atoms with Crippen LogP contribution in [0.25, 0.3) is 0 Å². The summed E-state index contributed by atoms with van der Waals surface area (Å²) in [4.78, 5) is 0. The Labute approximate surface area is 102 Å². The van der Waals surface area contributed by atoms with Gasteiger partial charge in [-0.3, -0.25) is 0 Å².